The summed E-state index contributed by atoms with van der Waals surface area (Å²) in [5, 5.41) is 0. The highest BCUT2D eigenvalue weighted by Crippen LogP contribution is 2.16. The van der Waals surface area contributed by atoms with E-state index < -0.39 is 18.1 Å². The van der Waals surface area contributed by atoms with Crippen molar-refractivity contribution < 1.29 is 19.1 Å². The number of esters is 2. The molecule has 5 nitrogen and oxygen atoms in total. The van der Waals surface area contributed by atoms with Gasteiger partial charge in [-0.05, 0) is 20.3 Å². The van der Waals surface area contributed by atoms with Crippen molar-refractivity contribution in [2.75, 3.05) is 0 Å². The van der Waals surface area contributed by atoms with Gasteiger partial charge < -0.3 is 15.2 Å². The first kappa shape index (κ1) is 12.0. The predicted molar refractivity (Wildman–Crippen MR) is 52.9 cm³/mol. The molecule has 0 aromatic heterocycles. The Morgan fingerprint density at radius 3 is 2.33 bits per heavy atom. The van der Waals surface area contributed by atoms with Crippen LogP contribution in [0.4, 0.5) is 0 Å². The lowest BCUT2D eigenvalue weighted by Gasteiger charge is -2.18. The molecule has 86 valence electrons. The first-order chi connectivity index (χ1) is 6.91. The van der Waals surface area contributed by atoms with Crippen LogP contribution in [0.15, 0.2) is 0 Å². The number of nitrogens with two attached hydrogens (primary N) is 1. The molecule has 0 aromatic rings. The minimum atomic E-state index is -0.901. The van der Waals surface area contributed by atoms with E-state index >= 15 is 0 Å². The second-order valence-electron chi connectivity index (χ2n) is 4.05. The van der Waals surface area contributed by atoms with Gasteiger partial charge in [0, 0.05) is 0 Å². The average molecular weight is 215 g/mol. The van der Waals surface area contributed by atoms with E-state index in [0.29, 0.717) is 6.42 Å². The van der Waals surface area contributed by atoms with Crippen LogP contribution >= 0.6 is 0 Å². The van der Waals surface area contributed by atoms with Gasteiger partial charge in [-0.25, -0.2) is 0 Å². The van der Waals surface area contributed by atoms with Crippen molar-refractivity contribution in [3.8, 4) is 0 Å². The first-order valence-electron chi connectivity index (χ1n) is 5.08. The third kappa shape index (κ3) is 2.92. The molecule has 1 rings (SSSR count). The number of hydrogen-bond donors (Lipinski definition) is 1. The SMILES string of the molecule is CC1CC(C)C(=O)OC(C)C(N)C(=O)O1. The normalized spacial score (nSPS) is 38.4. The lowest BCUT2D eigenvalue weighted by Crippen LogP contribution is -2.43. The lowest BCUT2D eigenvalue weighted by atomic mass is 10.1. The van der Waals surface area contributed by atoms with Gasteiger partial charge in [-0.3, -0.25) is 9.59 Å². The molecule has 0 aromatic carbocycles. The summed E-state index contributed by atoms with van der Waals surface area (Å²) in [5.41, 5.74) is 5.58. The Morgan fingerprint density at radius 2 is 1.73 bits per heavy atom. The zero-order chi connectivity index (χ0) is 11.6. The molecule has 0 saturated carbocycles. The molecule has 4 atom stereocenters. The number of rotatable bonds is 0. The van der Waals surface area contributed by atoms with Gasteiger partial charge in [-0.1, -0.05) is 6.92 Å². The van der Waals surface area contributed by atoms with E-state index in [1.807, 2.05) is 0 Å². The second kappa shape index (κ2) is 4.61. The van der Waals surface area contributed by atoms with Gasteiger partial charge in [0.2, 0.25) is 0 Å². The Hall–Kier alpha value is -1.10. The highest BCUT2D eigenvalue weighted by Gasteiger charge is 2.31. The molecule has 0 aliphatic carbocycles. The zero-order valence-corrected chi connectivity index (χ0v) is 9.23. The van der Waals surface area contributed by atoms with Crippen LogP contribution in [-0.4, -0.2) is 30.2 Å². The molecule has 1 aliphatic rings. The summed E-state index contributed by atoms with van der Waals surface area (Å²) >= 11 is 0. The molecule has 1 heterocycles. The van der Waals surface area contributed by atoms with E-state index in [-0.39, 0.29) is 18.0 Å². The molecular weight excluding hydrogens is 198 g/mol. The maximum atomic E-state index is 11.5. The Balaban J connectivity index is 2.81. The molecule has 15 heavy (non-hydrogen) atoms. The van der Waals surface area contributed by atoms with E-state index in [1.165, 1.54) is 0 Å². The van der Waals surface area contributed by atoms with Crippen LogP contribution in [0.1, 0.15) is 27.2 Å². The fraction of sp³-hybridized carbons (Fsp3) is 0.800. The molecule has 0 amide bonds. The van der Waals surface area contributed by atoms with Gasteiger partial charge in [-0.2, -0.15) is 0 Å². The van der Waals surface area contributed by atoms with E-state index in [4.69, 9.17) is 15.2 Å². The van der Waals surface area contributed by atoms with E-state index in [2.05, 4.69) is 0 Å². The highest BCUT2D eigenvalue weighted by atomic mass is 16.6. The van der Waals surface area contributed by atoms with Gasteiger partial charge in [0.1, 0.15) is 12.1 Å². The van der Waals surface area contributed by atoms with Gasteiger partial charge in [0.15, 0.2) is 0 Å². The molecule has 4 unspecified atom stereocenters. The van der Waals surface area contributed by atoms with Crippen LogP contribution in [-0.2, 0) is 19.1 Å². The molecule has 1 aliphatic heterocycles. The van der Waals surface area contributed by atoms with Crippen LogP contribution in [0.5, 0.6) is 0 Å². The average Bonchev–Trinajstić information content (AvgIpc) is 2.16. The van der Waals surface area contributed by atoms with E-state index in [1.54, 1.807) is 20.8 Å². The smallest absolute Gasteiger partial charge is 0.327 e. The molecule has 2 N–H and O–H groups in total. The number of carbonyl (C=O) groups is 2. The summed E-state index contributed by atoms with van der Waals surface area (Å²) in [6.07, 6.45) is -0.488. The zero-order valence-electron chi connectivity index (χ0n) is 9.23. The van der Waals surface area contributed by atoms with Crippen molar-refractivity contribution >= 4 is 11.9 Å². The number of ether oxygens (including phenoxy) is 2. The topological polar surface area (TPSA) is 78.6 Å². The third-order valence-corrected chi connectivity index (χ3v) is 2.49. The van der Waals surface area contributed by atoms with Crippen molar-refractivity contribution in [1.82, 2.24) is 0 Å². The summed E-state index contributed by atoms with van der Waals surface area (Å²) < 4.78 is 10.1. The summed E-state index contributed by atoms with van der Waals surface area (Å²) in [7, 11) is 0. The molecule has 0 radical (unpaired) electrons. The summed E-state index contributed by atoms with van der Waals surface area (Å²) in [5.74, 6) is -1.12. The quantitative estimate of drug-likeness (QED) is 0.585. The minimum Gasteiger partial charge on any atom is -0.461 e. The van der Waals surface area contributed by atoms with Crippen molar-refractivity contribution in [1.29, 1.82) is 0 Å². The second-order valence-corrected chi connectivity index (χ2v) is 4.05. The Morgan fingerprint density at radius 1 is 1.13 bits per heavy atom. The highest BCUT2D eigenvalue weighted by molar-refractivity contribution is 5.78. The predicted octanol–water partition coefficient (Wildman–Crippen LogP) is 0.217. The monoisotopic (exact) mass is 215 g/mol. The molecule has 1 saturated heterocycles. The standard InChI is InChI=1S/C10H17NO4/c1-5-4-6(2)14-10(13)8(11)7(3)15-9(5)12/h5-8H,4,11H2,1-3H3. The van der Waals surface area contributed by atoms with Crippen molar-refractivity contribution in [2.24, 2.45) is 11.7 Å². The lowest BCUT2D eigenvalue weighted by molar-refractivity contribution is -0.156. The largest absolute Gasteiger partial charge is 0.461 e. The molecular formula is C10H17NO4. The number of carbonyl (C=O) groups excluding carboxylic acids is 2. The van der Waals surface area contributed by atoms with Gasteiger partial charge in [0.05, 0.1) is 12.0 Å². The van der Waals surface area contributed by atoms with Gasteiger partial charge in [0.25, 0.3) is 0 Å². The fourth-order valence-electron chi connectivity index (χ4n) is 1.48. The van der Waals surface area contributed by atoms with Crippen molar-refractivity contribution in [3.63, 3.8) is 0 Å². The maximum absolute atomic E-state index is 11.5. The van der Waals surface area contributed by atoms with Gasteiger partial charge in [-0.15, -0.1) is 0 Å². The van der Waals surface area contributed by atoms with E-state index in [0.717, 1.165) is 0 Å². The fourth-order valence-corrected chi connectivity index (χ4v) is 1.48. The van der Waals surface area contributed by atoms with Crippen molar-refractivity contribution in [2.45, 2.75) is 45.4 Å². The Labute approximate surface area is 88.9 Å². The number of cyclic esters (lactones) is 2. The Bertz CT molecular complexity index is 266. The van der Waals surface area contributed by atoms with Crippen LogP contribution in [0.2, 0.25) is 0 Å². The number of hydrogen-bond acceptors (Lipinski definition) is 5. The van der Waals surface area contributed by atoms with Crippen molar-refractivity contribution in [3.05, 3.63) is 0 Å². The van der Waals surface area contributed by atoms with E-state index in [9.17, 15) is 9.59 Å². The summed E-state index contributed by atoms with van der Waals surface area (Å²) in [6, 6.07) is -0.901. The third-order valence-electron chi connectivity index (χ3n) is 2.49. The molecule has 0 bridgehead atoms. The van der Waals surface area contributed by atoms with Crippen LogP contribution < -0.4 is 5.73 Å². The summed E-state index contributed by atoms with van der Waals surface area (Å²) in [4.78, 5) is 22.9. The maximum Gasteiger partial charge on any atom is 0.327 e. The first-order valence-corrected chi connectivity index (χ1v) is 5.08. The van der Waals surface area contributed by atoms with Crippen LogP contribution in [0, 0.1) is 5.92 Å². The molecule has 5 heteroatoms. The molecule has 0 spiro atoms. The van der Waals surface area contributed by atoms with Crippen LogP contribution in [0.3, 0.4) is 0 Å². The molecule has 1 fully saturated rings. The summed E-state index contributed by atoms with van der Waals surface area (Å²) in [6.45, 7) is 5.08. The Kier molecular flexibility index (Phi) is 3.68. The minimum absolute atomic E-state index is 0.277. The van der Waals surface area contributed by atoms with Crippen LogP contribution in [0.25, 0.3) is 0 Å². The van der Waals surface area contributed by atoms with Gasteiger partial charge >= 0.3 is 11.9 Å².